The van der Waals surface area contributed by atoms with Crippen molar-refractivity contribution in [2.75, 3.05) is 26.9 Å². The van der Waals surface area contributed by atoms with Crippen LogP contribution < -0.4 is 10.1 Å². The molecule has 19 heavy (non-hydrogen) atoms. The Morgan fingerprint density at radius 3 is 2.95 bits per heavy atom. The van der Waals surface area contributed by atoms with Gasteiger partial charge in [0.05, 0.1) is 0 Å². The van der Waals surface area contributed by atoms with Crippen LogP contribution in [0.4, 0.5) is 0 Å². The Morgan fingerprint density at radius 1 is 1.47 bits per heavy atom. The first kappa shape index (κ1) is 16.0. The Labute approximate surface area is 123 Å². The van der Waals surface area contributed by atoms with Crippen LogP contribution in [0.25, 0.3) is 0 Å². The SMILES string of the molecule is C#CCOc1ccc(Br)cc1CNCC(C)COC. The number of nitrogens with one attached hydrogen (secondary N) is 1. The Kier molecular flexibility index (Phi) is 7.57. The zero-order valence-corrected chi connectivity index (χ0v) is 13.0. The maximum Gasteiger partial charge on any atom is 0.148 e. The molecule has 1 unspecified atom stereocenters. The Morgan fingerprint density at radius 2 is 2.26 bits per heavy atom. The number of terminal acetylenes is 1. The van der Waals surface area contributed by atoms with Crippen LogP contribution in [-0.4, -0.2) is 26.9 Å². The van der Waals surface area contributed by atoms with Gasteiger partial charge in [-0.1, -0.05) is 28.8 Å². The number of hydrogen-bond acceptors (Lipinski definition) is 3. The number of rotatable bonds is 8. The fourth-order valence-electron chi connectivity index (χ4n) is 1.74. The average Bonchev–Trinajstić information content (AvgIpc) is 2.38. The number of benzene rings is 1. The van der Waals surface area contributed by atoms with Crippen molar-refractivity contribution in [3.8, 4) is 18.1 Å². The fraction of sp³-hybridized carbons (Fsp3) is 0.467. The van der Waals surface area contributed by atoms with Crippen LogP contribution in [0.2, 0.25) is 0 Å². The van der Waals surface area contributed by atoms with Gasteiger partial charge in [-0.3, -0.25) is 0 Å². The molecular weight excluding hydrogens is 306 g/mol. The summed E-state index contributed by atoms with van der Waals surface area (Å²) in [5, 5.41) is 3.40. The maximum atomic E-state index is 5.52. The van der Waals surface area contributed by atoms with Crippen molar-refractivity contribution in [1.82, 2.24) is 5.32 Å². The van der Waals surface area contributed by atoms with Crippen molar-refractivity contribution < 1.29 is 9.47 Å². The van der Waals surface area contributed by atoms with Gasteiger partial charge in [-0.15, -0.1) is 6.42 Å². The smallest absolute Gasteiger partial charge is 0.148 e. The van der Waals surface area contributed by atoms with E-state index in [9.17, 15) is 0 Å². The molecule has 0 amide bonds. The standard InChI is InChI=1S/C15H20BrNO2/c1-4-7-19-15-6-5-14(16)8-13(15)10-17-9-12(2)11-18-3/h1,5-6,8,12,17H,7,9-11H2,2-3H3. The highest BCUT2D eigenvalue weighted by Crippen LogP contribution is 2.23. The van der Waals surface area contributed by atoms with Crippen LogP contribution in [0.3, 0.4) is 0 Å². The van der Waals surface area contributed by atoms with Crippen molar-refractivity contribution in [1.29, 1.82) is 0 Å². The molecule has 0 fully saturated rings. The van der Waals surface area contributed by atoms with Gasteiger partial charge < -0.3 is 14.8 Å². The van der Waals surface area contributed by atoms with Gasteiger partial charge in [0.1, 0.15) is 12.4 Å². The highest BCUT2D eigenvalue weighted by atomic mass is 79.9. The van der Waals surface area contributed by atoms with Gasteiger partial charge in [0.15, 0.2) is 0 Å². The predicted molar refractivity (Wildman–Crippen MR) is 81.2 cm³/mol. The molecule has 0 aliphatic carbocycles. The molecule has 1 atom stereocenters. The van der Waals surface area contributed by atoms with Crippen molar-refractivity contribution in [2.45, 2.75) is 13.5 Å². The first-order chi connectivity index (χ1) is 9.17. The summed E-state index contributed by atoms with van der Waals surface area (Å²) < 4.78 is 11.7. The second kappa shape index (κ2) is 8.98. The zero-order valence-electron chi connectivity index (χ0n) is 11.4. The third-order valence-corrected chi connectivity index (χ3v) is 3.09. The maximum absolute atomic E-state index is 5.52. The molecule has 4 heteroatoms. The molecule has 0 aromatic heterocycles. The summed E-state index contributed by atoms with van der Waals surface area (Å²) in [5.41, 5.74) is 1.09. The van der Waals surface area contributed by atoms with E-state index in [1.54, 1.807) is 7.11 Å². The molecule has 104 valence electrons. The number of methoxy groups -OCH3 is 1. The van der Waals surface area contributed by atoms with Gasteiger partial charge >= 0.3 is 0 Å². The van der Waals surface area contributed by atoms with Gasteiger partial charge in [-0.2, -0.15) is 0 Å². The second-order valence-corrected chi connectivity index (χ2v) is 5.35. The molecule has 0 radical (unpaired) electrons. The van der Waals surface area contributed by atoms with E-state index in [-0.39, 0.29) is 6.61 Å². The predicted octanol–water partition coefficient (Wildman–Crippen LogP) is 2.83. The van der Waals surface area contributed by atoms with Crippen molar-refractivity contribution in [2.24, 2.45) is 5.92 Å². The van der Waals surface area contributed by atoms with E-state index in [4.69, 9.17) is 15.9 Å². The highest BCUT2D eigenvalue weighted by molar-refractivity contribution is 9.10. The Bertz CT molecular complexity index is 429. The molecule has 0 spiro atoms. The van der Waals surface area contributed by atoms with Crippen molar-refractivity contribution in [3.63, 3.8) is 0 Å². The molecule has 3 nitrogen and oxygen atoms in total. The third kappa shape index (κ3) is 6.11. The van der Waals surface area contributed by atoms with E-state index in [2.05, 4.69) is 34.1 Å². The quantitative estimate of drug-likeness (QED) is 0.745. The lowest BCUT2D eigenvalue weighted by molar-refractivity contribution is 0.158. The molecule has 1 N–H and O–H groups in total. The van der Waals surface area contributed by atoms with Crippen molar-refractivity contribution >= 4 is 15.9 Å². The van der Waals surface area contributed by atoms with E-state index < -0.39 is 0 Å². The molecule has 0 aliphatic heterocycles. The lowest BCUT2D eigenvalue weighted by Gasteiger charge is -2.14. The average molecular weight is 326 g/mol. The third-order valence-electron chi connectivity index (χ3n) is 2.59. The van der Waals surface area contributed by atoms with Gasteiger partial charge in [0.2, 0.25) is 0 Å². The monoisotopic (exact) mass is 325 g/mol. The summed E-state index contributed by atoms with van der Waals surface area (Å²) in [6.45, 7) is 4.83. The molecule has 0 saturated heterocycles. The minimum absolute atomic E-state index is 0.286. The zero-order chi connectivity index (χ0) is 14.1. The minimum atomic E-state index is 0.286. The van der Waals surface area contributed by atoms with E-state index >= 15 is 0 Å². The number of hydrogen-bond donors (Lipinski definition) is 1. The molecule has 0 bridgehead atoms. The summed E-state index contributed by atoms with van der Waals surface area (Å²) in [6.07, 6.45) is 5.22. The van der Waals surface area contributed by atoms with Gasteiger partial charge in [-0.25, -0.2) is 0 Å². The molecule has 0 heterocycles. The molecule has 1 aromatic carbocycles. The lowest BCUT2D eigenvalue weighted by atomic mass is 10.1. The Hall–Kier alpha value is -1.02. The lowest BCUT2D eigenvalue weighted by Crippen LogP contribution is -2.23. The van der Waals surface area contributed by atoms with Gasteiger partial charge in [0.25, 0.3) is 0 Å². The van der Waals surface area contributed by atoms with Crippen LogP contribution in [-0.2, 0) is 11.3 Å². The fourth-order valence-corrected chi connectivity index (χ4v) is 2.15. The molecule has 1 aromatic rings. The largest absolute Gasteiger partial charge is 0.481 e. The topological polar surface area (TPSA) is 30.5 Å². The summed E-state index contributed by atoms with van der Waals surface area (Å²) >= 11 is 3.47. The van der Waals surface area contributed by atoms with Crippen molar-refractivity contribution in [3.05, 3.63) is 28.2 Å². The summed E-state index contributed by atoms with van der Waals surface area (Å²) in [4.78, 5) is 0. The number of ether oxygens (including phenoxy) is 2. The highest BCUT2D eigenvalue weighted by Gasteiger charge is 2.06. The summed E-state index contributed by atoms with van der Waals surface area (Å²) in [5.74, 6) is 3.78. The Balaban J connectivity index is 2.55. The van der Waals surface area contributed by atoms with E-state index in [0.717, 1.165) is 35.5 Å². The van der Waals surface area contributed by atoms with E-state index in [1.807, 2.05) is 18.2 Å². The molecule has 0 aliphatic rings. The van der Waals surface area contributed by atoms with Crippen LogP contribution in [0.1, 0.15) is 12.5 Å². The van der Waals surface area contributed by atoms with Crippen LogP contribution in [0.15, 0.2) is 22.7 Å². The van der Waals surface area contributed by atoms with E-state index in [1.165, 1.54) is 0 Å². The van der Waals surface area contributed by atoms with E-state index in [0.29, 0.717) is 5.92 Å². The normalized spacial score (nSPS) is 11.9. The first-order valence-corrected chi connectivity index (χ1v) is 7.01. The van der Waals surface area contributed by atoms with Crippen LogP contribution in [0, 0.1) is 18.3 Å². The van der Waals surface area contributed by atoms with Gasteiger partial charge in [0, 0.05) is 36.8 Å². The molecule has 1 rings (SSSR count). The minimum Gasteiger partial charge on any atom is -0.481 e. The molecule has 0 saturated carbocycles. The van der Waals surface area contributed by atoms with Crippen LogP contribution in [0.5, 0.6) is 5.75 Å². The summed E-state index contributed by atoms with van der Waals surface area (Å²) in [6, 6.07) is 5.92. The first-order valence-electron chi connectivity index (χ1n) is 6.21. The molecular formula is C15H20BrNO2. The summed E-state index contributed by atoms with van der Waals surface area (Å²) in [7, 11) is 1.72. The number of halogens is 1. The van der Waals surface area contributed by atoms with Crippen LogP contribution >= 0.6 is 15.9 Å². The van der Waals surface area contributed by atoms with Gasteiger partial charge in [-0.05, 0) is 24.1 Å². The second-order valence-electron chi connectivity index (χ2n) is 4.44.